The average Bonchev–Trinajstić information content (AvgIpc) is 3.00. The van der Waals surface area contributed by atoms with Crippen LogP contribution in [0.25, 0.3) is 0 Å². The van der Waals surface area contributed by atoms with E-state index in [2.05, 4.69) is 10.6 Å². The summed E-state index contributed by atoms with van der Waals surface area (Å²) in [5.41, 5.74) is 2.73. The standard InChI is InChI=1S/C24H17Cl2N3O3/c1-14-7-12-18(13-19(14)25)29-23(31)20(26)21(24(29)32)27-17-10-8-15(9-11-17)22(30)28-16-5-3-2-4-6-16/h2-13,27H,1H3,(H,28,30). The van der Waals surface area contributed by atoms with E-state index >= 15 is 0 Å². The molecule has 0 aliphatic carbocycles. The summed E-state index contributed by atoms with van der Waals surface area (Å²) < 4.78 is 0. The van der Waals surface area contributed by atoms with Gasteiger partial charge in [0.25, 0.3) is 17.7 Å². The number of hydrogen-bond donors (Lipinski definition) is 2. The normalized spacial score (nSPS) is 13.5. The number of nitrogens with one attached hydrogen (secondary N) is 2. The summed E-state index contributed by atoms with van der Waals surface area (Å²) in [5.74, 6) is -1.50. The fourth-order valence-electron chi connectivity index (χ4n) is 3.14. The van der Waals surface area contributed by atoms with Crippen LogP contribution in [0.3, 0.4) is 0 Å². The van der Waals surface area contributed by atoms with E-state index in [1.807, 2.05) is 25.1 Å². The van der Waals surface area contributed by atoms with E-state index in [1.54, 1.807) is 54.6 Å². The minimum Gasteiger partial charge on any atom is -0.350 e. The maximum absolute atomic E-state index is 12.9. The molecular weight excluding hydrogens is 449 g/mol. The number of para-hydroxylation sites is 1. The number of carbonyl (C=O) groups excluding carboxylic acids is 3. The SMILES string of the molecule is Cc1ccc(N2C(=O)C(Cl)=C(Nc3ccc(C(=O)Nc4ccccc4)cc3)C2=O)cc1Cl. The molecule has 3 aromatic rings. The summed E-state index contributed by atoms with van der Waals surface area (Å²) in [5, 5.41) is 5.89. The average molecular weight is 466 g/mol. The van der Waals surface area contributed by atoms with Crippen molar-refractivity contribution in [3.63, 3.8) is 0 Å². The summed E-state index contributed by atoms with van der Waals surface area (Å²) in [6.07, 6.45) is 0. The number of carbonyl (C=O) groups is 3. The first-order chi connectivity index (χ1) is 15.3. The van der Waals surface area contributed by atoms with Crippen molar-refractivity contribution < 1.29 is 14.4 Å². The smallest absolute Gasteiger partial charge is 0.283 e. The number of rotatable bonds is 5. The van der Waals surface area contributed by atoms with E-state index < -0.39 is 11.8 Å². The van der Waals surface area contributed by atoms with Gasteiger partial charge in [-0.15, -0.1) is 0 Å². The Labute approximate surface area is 194 Å². The Morgan fingerprint density at radius 2 is 1.53 bits per heavy atom. The third-order valence-corrected chi connectivity index (χ3v) is 5.65. The van der Waals surface area contributed by atoms with Crippen molar-refractivity contribution in [2.75, 3.05) is 15.5 Å². The maximum atomic E-state index is 12.9. The van der Waals surface area contributed by atoms with Gasteiger partial charge >= 0.3 is 0 Å². The second kappa shape index (κ2) is 8.86. The molecule has 3 amide bonds. The Morgan fingerprint density at radius 1 is 0.844 bits per heavy atom. The lowest BCUT2D eigenvalue weighted by molar-refractivity contribution is -0.120. The summed E-state index contributed by atoms with van der Waals surface area (Å²) in [7, 11) is 0. The van der Waals surface area contributed by atoms with Gasteiger partial charge in [-0.3, -0.25) is 14.4 Å². The molecule has 0 atom stereocenters. The van der Waals surface area contributed by atoms with Gasteiger partial charge in [-0.1, -0.05) is 47.5 Å². The number of halogens is 2. The summed E-state index contributed by atoms with van der Waals surface area (Å²) in [6.45, 7) is 1.82. The molecule has 4 rings (SSSR count). The first-order valence-electron chi connectivity index (χ1n) is 9.63. The van der Waals surface area contributed by atoms with Crippen molar-refractivity contribution >= 4 is 58.0 Å². The monoisotopic (exact) mass is 465 g/mol. The number of amides is 3. The molecule has 0 saturated heterocycles. The van der Waals surface area contributed by atoms with Crippen LogP contribution < -0.4 is 15.5 Å². The van der Waals surface area contributed by atoms with Crippen LogP contribution in [0.2, 0.25) is 5.02 Å². The molecule has 0 unspecified atom stereocenters. The highest BCUT2D eigenvalue weighted by atomic mass is 35.5. The van der Waals surface area contributed by atoms with Crippen LogP contribution in [-0.4, -0.2) is 17.7 Å². The van der Waals surface area contributed by atoms with Crippen LogP contribution in [0.15, 0.2) is 83.5 Å². The summed E-state index contributed by atoms with van der Waals surface area (Å²) >= 11 is 12.3. The third-order valence-electron chi connectivity index (χ3n) is 4.89. The number of anilines is 3. The van der Waals surface area contributed by atoms with Gasteiger partial charge < -0.3 is 10.6 Å². The molecule has 0 spiro atoms. The molecular formula is C24H17Cl2N3O3. The van der Waals surface area contributed by atoms with Gasteiger partial charge in [0.15, 0.2) is 0 Å². The molecule has 0 saturated carbocycles. The molecule has 0 bridgehead atoms. The molecule has 6 nitrogen and oxygen atoms in total. The van der Waals surface area contributed by atoms with Crippen LogP contribution in [0, 0.1) is 6.92 Å². The Bertz CT molecular complexity index is 1260. The molecule has 0 radical (unpaired) electrons. The van der Waals surface area contributed by atoms with Gasteiger partial charge in [0.2, 0.25) is 0 Å². The Morgan fingerprint density at radius 3 is 2.19 bits per heavy atom. The van der Waals surface area contributed by atoms with E-state index in [0.717, 1.165) is 10.5 Å². The second-order valence-electron chi connectivity index (χ2n) is 7.09. The highest BCUT2D eigenvalue weighted by molar-refractivity contribution is 6.53. The van der Waals surface area contributed by atoms with Crippen LogP contribution in [0.4, 0.5) is 17.1 Å². The topological polar surface area (TPSA) is 78.5 Å². The molecule has 32 heavy (non-hydrogen) atoms. The first kappa shape index (κ1) is 21.6. The van der Waals surface area contributed by atoms with E-state index in [4.69, 9.17) is 23.2 Å². The van der Waals surface area contributed by atoms with E-state index in [9.17, 15) is 14.4 Å². The van der Waals surface area contributed by atoms with Gasteiger partial charge in [-0.25, -0.2) is 4.90 Å². The highest BCUT2D eigenvalue weighted by Crippen LogP contribution is 2.32. The molecule has 0 fully saturated rings. The van der Waals surface area contributed by atoms with Gasteiger partial charge in [0.1, 0.15) is 10.7 Å². The third kappa shape index (κ3) is 4.23. The fourth-order valence-corrected chi connectivity index (χ4v) is 3.53. The lowest BCUT2D eigenvalue weighted by Gasteiger charge is -2.16. The lowest BCUT2D eigenvalue weighted by Crippen LogP contribution is -2.32. The second-order valence-corrected chi connectivity index (χ2v) is 7.88. The maximum Gasteiger partial charge on any atom is 0.283 e. The zero-order valence-electron chi connectivity index (χ0n) is 16.9. The number of hydrogen-bond acceptors (Lipinski definition) is 4. The number of imide groups is 1. The largest absolute Gasteiger partial charge is 0.350 e. The highest BCUT2D eigenvalue weighted by Gasteiger charge is 2.39. The molecule has 0 aromatic heterocycles. The lowest BCUT2D eigenvalue weighted by atomic mass is 10.2. The van der Waals surface area contributed by atoms with Crippen LogP contribution in [0.5, 0.6) is 0 Å². The fraction of sp³-hybridized carbons (Fsp3) is 0.0417. The molecule has 1 heterocycles. The van der Waals surface area contributed by atoms with Gasteiger partial charge in [0, 0.05) is 22.0 Å². The Hall–Kier alpha value is -3.61. The minimum atomic E-state index is -0.641. The molecule has 1 aliphatic heterocycles. The zero-order valence-corrected chi connectivity index (χ0v) is 18.4. The molecule has 160 valence electrons. The van der Waals surface area contributed by atoms with Crippen molar-refractivity contribution in [2.24, 2.45) is 0 Å². The number of nitrogens with zero attached hydrogens (tertiary/aromatic N) is 1. The van der Waals surface area contributed by atoms with Crippen LogP contribution in [-0.2, 0) is 9.59 Å². The Balaban J connectivity index is 1.50. The van der Waals surface area contributed by atoms with Crippen molar-refractivity contribution in [2.45, 2.75) is 6.92 Å². The predicted molar refractivity (Wildman–Crippen MR) is 126 cm³/mol. The van der Waals surface area contributed by atoms with E-state index in [1.165, 1.54) is 0 Å². The number of benzene rings is 3. The van der Waals surface area contributed by atoms with E-state index in [-0.39, 0.29) is 16.6 Å². The summed E-state index contributed by atoms with van der Waals surface area (Å²) in [4.78, 5) is 38.9. The molecule has 1 aliphatic rings. The van der Waals surface area contributed by atoms with E-state index in [0.29, 0.717) is 27.6 Å². The molecule has 3 aromatic carbocycles. The van der Waals surface area contributed by atoms with Crippen LogP contribution in [0.1, 0.15) is 15.9 Å². The first-order valence-corrected chi connectivity index (χ1v) is 10.4. The van der Waals surface area contributed by atoms with Crippen molar-refractivity contribution in [1.82, 2.24) is 0 Å². The molecule has 8 heteroatoms. The summed E-state index contributed by atoms with van der Waals surface area (Å²) in [6, 6.07) is 20.4. The van der Waals surface area contributed by atoms with Gasteiger partial charge in [-0.2, -0.15) is 0 Å². The minimum absolute atomic E-state index is 0.0464. The predicted octanol–water partition coefficient (Wildman–Crippen LogP) is 5.34. The number of aryl methyl sites for hydroxylation is 1. The quantitative estimate of drug-likeness (QED) is 0.498. The van der Waals surface area contributed by atoms with Crippen molar-refractivity contribution in [3.05, 3.63) is 99.7 Å². The van der Waals surface area contributed by atoms with Crippen molar-refractivity contribution in [3.8, 4) is 0 Å². The van der Waals surface area contributed by atoms with Gasteiger partial charge in [-0.05, 0) is 61.0 Å². The van der Waals surface area contributed by atoms with Crippen molar-refractivity contribution in [1.29, 1.82) is 0 Å². The van der Waals surface area contributed by atoms with Crippen LogP contribution >= 0.6 is 23.2 Å². The molecule has 2 N–H and O–H groups in total. The zero-order chi connectivity index (χ0) is 22.8. The van der Waals surface area contributed by atoms with Gasteiger partial charge in [0.05, 0.1) is 5.69 Å². The Kier molecular flexibility index (Phi) is 5.99.